The highest BCUT2D eigenvalue weighted by Crippen LogP contribution is 2.13. The molecule has 0 heterocycles. The van der Waals surface area contributed by atoms with Crippen molar-refractivity contribution >= 4 is 11.6 Å². The summed E-state index contributed by atoms with van der Waals surface area (Å²) in [5.74, 6) is 0.900. The maximum Gasteiger partial charge on any atom is 0.244 e. The van der Waals surface area contributed by atoms with Crippen LogP contribution in [0.3, 0.4) is 0 Å². The monoisotopic (exact) mass is 324 g/mol. The van der Waals surface area contributed by atoms with Gasteiger partial charge in [0.05, 0.1) is 18.7 Å². The lowest BCUT2D eigenvalue weighted by Gasteiger charge is -2.11. The van der Waals surface area contributed by atoms with E-state index in [-0.39, 0.29) is 18.2 Å². The summed E-state index contributed by atoms with van der Waals surface area (Å²) in [6.45, 7) is 6.69. The fraction of sp³-hybridized carbons (Fsp3) is 0.300. The third-order valence-corrected chi connectivity index (χ3v) is 3.52. The molecule has 2 aromatic carbocycles. The lowest BCUT2D eigenvalue weighted by atomic mass is 10.0. The van der Waals surface area contributed by atoms with Gasteiger partial charge in [0.1, 0.15) is 5.75 Å². The average Bonchev–Trinajstić information content (AvgIpc) is 2.58. The Morgan fingerprint density at radius 1 is 1.08 bits per heavy atom. The van der Waals surface area contributed by atoms with Crippen LogP contribution in [0, 0.1) is 5.92 Å². The van der Waals surface area contributed by atoms with E-state index in [9.17, 15) is 4.79 Å². The molecular weight excluding hydrogens is 300 g/mol. The number of hydrogen-bond donors (Lipinski definition) is 1. The minimum atomic E-state index is -0.131. The minimum absolute atomic E-state index is 0.131. The van der Waals surface area contributed by atoms with E-state index in [1.807, 2.05) is 61.5 Å². The van der Waals surface area contributed by atoms with Gasteiger partial charge in [-0.15, -0.1) is 0 Å². The Balaban J connectivity index is 2.00. The molecule has 24 heavy (non-hydrogen) atoms. The number of nitrogens with one attached hydrogen (secondary N) is 1. The van der Waals surface area contributed by atoms with Gasteiger partial charge in [-0.25, -0.2) is 5.43 Å². The van der Waals surface area contributed by atoms with E-state index >= 15 is 0 Å². The predicted molar refractivity (Wildman–Crippen MR) is 97.3 cm³/mol. The van der Waals surface area contributed by atoms with Crippen molar-refractivity contribution in [1.82, 2.24) is 5.43 Å². The van der Waals surface area contributed by atoms with E-state index < -0.39 is 0 Å². The molecule has 0 fully saturated rings. The quantitative estimate of drug-likeness (QED) is 0.622. The molecule has 4 heteroatoms. The molecule has 0 bridgehead atoms. The molecule has 0 saturated heterocycles. The summed E-state index contributed by atoms with van der Waals surface area (Å²) in [7, 11) is 0. The van der Waals surface area contributed by atoms with Crippen molar-refractivity contribution in [2.75, 3.05) is 6.61 Å². The lowest BCUT2D eigenvalue weighted by molar-refractivity contribution is -0.120. The van der Waals surface area contributed by atoms with Gasteiger partial charge in [0.25, 0.3) is 0 Å². The van der Waals surface area contributed by atoms with Gasteiger partial charge in [0.15, 0.2) is 0 Å². The molecule has 0 radical (unpaired) electrons. The maximum atomic E-state index is 12.1. The number of nitrogens with zero attached hydrogens (tertiary/aromatic N) is 1. The van der Waals surface area contributed by atoms with Crippen molar-refractivity contribution in [3.05, 3.63) is 65.7 Å². The van der Waals surface area contributed by atoms with Crippen molar-refractivity contribution in [3.63, 3.8) is 0 Å². The Bertz CT molecular complexity index is 677. The first-order valence-electron chi connectivity index (χ1n) is 8.23. The molecule has 1 N–H and O–H groups in total. The van der Waals surface area contributed by atoms with Crippen LogP contribution in [0.1, 0.15) is 31.9 Å². The third kappa shape index (κ3) is 5.23. The van der Waals surface area contributed by atoms with Crippen molar-refractivity contribution in [1.29, 1.82) is 0 Å². The van der Waals surface area contributed by atoms with Crippen molar-refractivity contribution in [3.8, 4) is 5.75 Å². The third-order valence-electron chi connectivity index (χ3n) is 3.52. The summed E-state index contributed by atoms with van der Waals surface area (Å²) in [5, 5.41) is 4.33. The number of hydrogen-bond acceptors (Lipinski definition) is 3. The van der Waals surface area contributed by atoms with Crippen LogP contribution in [-0.2, 0) is 11.2 Å². The van der Waals surface area contributed by atoms with Crippen LogP contribution in [0.2, 0.25) is 0 Å². The Morgan fingerprint density at radius 2 is 1.75 bits per heavy atom. The van der Waals surface area contributed by atoms with Crippen LogP contribution in [-0.4, -0.2) is 18.2 Å². The van der Waals surface area contributed by atoms with Crippen LogP contribution in [0.4, 0.5) is 0 Å². The lowest BCUT2D eigenvalue weighted by Crippen LogP contribution is -2.23. The molecule has 0 saturated carbocycles. The van der Waals surface area contributed by atoms with Gasteiger partial charge < -0.3 is 4.74 Å². The standard InChI is InChI=1S/C20H24N2O2/c1-4-24-18-12-10-16(11-13-18)14-19(23)21-22-20(15(2)3)17-8-6-5-7-9-17/h5-13,15H,4,14H2,1-3H3,(H,21,23)/b22-20-. The number of benzene rings is 2. The summed E-state index contributed by atoms with van der Waals surface area (Å²) >= 11 is 0. The molecule has 0 aliphatic carbocycles. The van der Waals surface area contributed by atoms with Crippen LogP contribution in [0.25, 0.3) is 0 Å². The zero-order chi connectivity index (χ0) is 17.4. The number of carbonyl (C=O) groups excluding carboxylic acids is 1. The molecule has 2 aromatic rings. The smallest absolute Gasteiger partial charge is 0.244 e. The zero-order valence-electron chi connectivity index (χ0n) is 14.5. The number of ether oxygens (including phenoxy) is 1. The second kappa shape index (κ2) is 8.87. The maximum absolute atomic E-state index is 12.1. The fourth-order valence-corrected chi connectivity index (χ4v) is 2.35. The van der Waals surface area contributed by atoms with E-state index in [1.54, 1.807) is 0 Å². The summed E-state index contributed by atoms with van der Waals surface area (Å²) in [6.07, 6.45) is 0.288. The molecule has 0 unspecified atom stereocenters. The van der Waals surface area contributed by atoms with Gasteiger partial charge >= 0.3 is 0 Å². The number of hydrazone groups is 1. The zero-order valence-corrected chi connectivity index (χ0v) is 14.5. The van der Waals surface area contributed by atoms with Crippen LogP contribution in [0.15, 0.2) is 59.7 Å². The first-order valence-corrected chi connectivity index (χ1v) is 8.23. The van der Waals surface area contributed by atoms with Crippen molar-refractivity contribution < 1.29 is 9.53 Å². The van der Waals surface area contributed by atoms with Crippen LogP contribution in [0.5, 0.6) is 5.75 Å². The van der Waals surface area contributed by atoms with E-state index in [2.05, 4.69) is 24.4 Å². The molecule has 0 aromatic heterocycles. The molecule has 0 atom stereocenters. The number of rotatable bonds is 7. The number of carbonyl (C=O) groups is 1. The molecule has 126 valence electrons. The number of amides is 1. The molecule has 0 aliphatic heterocycles. The largest absolute Gasteiger partial charge is 0.494 e. The van der Waals surface area contributed by atoms with E-state index in [1.165, 1.54) is 0 Å². The molecular formula is C20H24N2O2. The molecule has 0 spiro atoms. The average molecular weight is 324 g/mol. The van der Waals surface area contributed by atoms with Crippen molar-refractivity contribution in [2.24, 2.45) is 11.0 Å². The molecule has 4 nitrogen and oxygen atoms in total. The van der Waals surface area contributed by atoms with Gasteiger partial charge in [0.2, 0.25) is 5.91 Å². The molecule has 2 rings (SSSR count). The predicted octanol–water partition coefficient (Wildman–Crippen LogP) is 3.80. The molecule has 1 amide bonds. The van der Waals surface area contributed by atoms with Gasteiger partial charge in [-0.3, -0.25) is 4.79 Å². The first-order chi connectivity index (χ1) is 11.6. The van der Waals surface area contributed by atoms with E-state index in [0.717, 1.165) is 22.6 Å². The Morgan fingerprint density at radius 3 is 2.33 bits per heavy atom. The van der Waals surface area contributed by atoms with E-state index in [4.69, 9.17) is 4.74 Å². The van der Waals surface area contributed by atoms with Crippen molar-refractivity contribution in [2.45, 2.75) is 27.2 Å². The Hall–Kier alpha value is -2.62. The highest BCUT2D eigenvalue weighted by Gasteiger charge is 2.09. The summed E-state index contributed by atoms with van der Waals surface area (Å²) < 4.78 is 5.40. The fourth-order valence-electron chi connectivity index (χ4n) is 2.35. The van der Waals surface area contributed by atoms with Gasteiger partial charge in [0, 0.05) is 0 Å². The first kappa shape index (κ1) is 17.7. The normalized spacial score (nSPS) is 11.4. The topological polar surface area (TPSA) is 50.7 Å². The van der Waals surface area contributed by atoms with E-state index in [0.29, 0.717) is 6.61 Å². The van der Waals surface area contributed by atoms with Gasteiger partial charge in [-0.1, -0.05) is 56.3 Å². The highest BCUT2D eigenvalue weighted by atomic mass is 16.5. The SMILES string of the molecule is CCOc1ccc(CC(=O)N/N=C(\c2ccccc2)C(C)C)cc1. The summed E-state index contributed by atoms with van der Waals surface area (Å²) in [4.78, 5) is 12.1. The molecule has 0 aliphatic rings. The summed E-state index contributed by atoms with van der Waals surface area (Å²) in [5.41, 5.74) is 5.49. The Kier molecular flexibility index (Phi) is 6.55. The highest BCUT2D eigenvalue weighted by molar-refractivity contribution is 6.02. The van der Waals surface area contributed by atoms with Crippen LogP contribution < -0.4 is 10.2 Å². The minimum Gasteiger partial charge on any atom is -0.494 e. The van der Waals surface area contributed by atoms with Gasteiger partial charge in [-0.2, -0.15) is 5.10 Å². The van der Waals surface area contributed by atoms with Gasteiger partial charge in [-0.05, 0) is 36.1 Å². The Labute approximate surface area is 143 Å². The second-order valence-corrected chi connectivity index (χ2v) is 5.81. The second-order valence-electron chi connectivity index (χ2n) is 5.81. The summed E-state index contributed by atoms with van der Waals surface area (Å²) in [6, 6.07) is 17.4. The van der Waals surface area contributed by atoms with Crippen LogP contribution >= 0.6 is 0 Å².